The first-order chi connectivity index (χ1) is 18.3. The van der Waals surface area contributed by atoms with Gasteiger partial charge in [0.25, 0.3) is 0 Å². The Kier molecular flexibility index (Phi) is 7.28. The number of pyridine rings is 2. The van der Waals surface area contributed by atoms with Gasteiger partial charge in [-0.1, -0.05) is 12.0 Å². The number of likely N-dealkylation sites (N-methyl/N-ethyl adjacent to an activating group) is 1. The molecule has 4 aromatic rings. The first kappa shape index (κ1) is 25.7. The molecule has 1 aliphatic rings. The predicted octanol–water partition coefficient (Wildman–Crippen LogP) is 3.62. The summed E-state index contributed by atoms with van der Waals surface area (Å²) in [6.07, 6.45) is -1.20. The molecule has 4 heterocycles. The zero-order chi connectivity index (χ0) is 26.7. The van der Waals surface area contributed by atoms with Gasteiger partial charge in [0.05, 0.1) is 11.1 Å². The number of rotatable bonds is 5. The van der Waals surface area contributed by atoms with Crippen LogP contribution in [0.15, 0.2) is 55.0 Å². The summed E-state index contributed by atoms with van der Waals surface area (Å²) in [5.41, 5.74) is 2.38. The summed E-state index contributed by atoms with van der Waals surface area (Å²) >= 11 is 0. The Hall–Kier alpha value is -3.98. The zero-order valence-corrected chi connectivity index (χ0v) is 20.6. The number of hydrogen-bond acceptors (Lipinski definition) is 7. The number of aliphatic hydroxyl groups excluding tert-OH is 1. The van der Waals surface area contributed by atoms with Gasteiger partial charge in [-0.3, -0.25) is 20.0 Å². The molecule has 196 valence electrons. The first-order valence-electron chi connectivity index (χ1n) is 12.1. The molecule has 0 spiro atoms. The molecule has 1 unspecified atom stereocenters. The van der Waals surface area contributed by atoms with Crippen LogP contribution < -0.4 is 5.32 Å². The van der Waals surface area contributed by atoms with Crippen molar-refractivity contribution in [2.75, 3.05) is 38.5 Å². The lowest BCUT2D eigenvalue weighted by molar-refractivity contribution is -0.138. The highest BCUT2D eigenvalue weighted by Gasteiger charge is 2.34. The van der Waals surface area contributed by atoms with E-state index >= 15 is 0 Å². The third-order valence-electron chi connectivity index (χ3n) is 6.43. The number of nitrogens with zero attached hydrogens (tertiary/aromatic N) is 5. The van der Waals surface area contributed by atoms with Crippen molar-refractivity contribution >= 4 is 16.7 Å². The average molecular weight is 522 g/mol. The molecule has 3 N–H and O–H groups in total. The molecule has 11 heteroatoms. The van der Waals surface area contributed by atoms with Crippen LogP contribution in [0.3, 0.4) is 0 Å². The molecular weight excluding hydrogens is 495 g/mol. The summed E-state index contributed by atoms with van der Waals surface area (Å²) in [4.78, 5) is 12.6. The third-order valence-corrected chi connectivity index (χ3v) is 6.43. The fourth-order valence-corrected chi connectivity index (χ4v) is 4.30. The van der Waals surface area contributed by atoms with Crippen molar-refractivity contribution in [1.82, 2.24) is 30.0 Å². The number of alkyl halides is 3. The highest BCUT2D eigenvalue weighted by molar-refractivity contribution is 5.79. The van der Waals surface area contributed by atoms with E-state index in [0.29, 0.717) is 35.4 Å². The molecule has 0 saturated carbocycles. The summed E-state index contributed by atoms with van der Waals surface area (Å²) in [7, 11) is 2.00. The highest BCUT2D eigenvalue weighted by Crippen LogP contribution is 2.35. The molecular formula is C27H26F3N7O. The Labute approximate surface area is 217 Å². The number of fused-ring (bicyclic) bond motifs is 1. The van der Waals surface area contributed by atoms with Crippen LogP contribution in [0.25, 0.3) is 11.0 Å². The first-order valence-corrected chi connectivity index (χ1v) is 12.1. The smallest absolute Gasteiger partial charge is 0.369 e. The number of anilines is 1. The van der Waals surface area contributed by atoms with E-state index in [-0.39, 0.29) is 17.8 Å². The van der Waals surface area contributed by atoms with E-state index in [0.717, 1.165) is 24.7 Å². The van der Waals surface area contributed by atoms with Crippen LogP contribution in [-0.4, -0.2) is 68.3 Å². The quantitative estimate of drug-likeness (QED) is 0.273. The lowest BCUT2D eigenvalue weighted by atomic mass is 10.0. The topological polar surface area (TPSA) is 93.2 Å². The SMILES string of the molecule is CN1CCN(Cc2ccc(NC(O)c3cncc(C#Cc4n[nH]c5cccnc45)c3)cc2C(F)(F)F)CC1. The van der Waals surface area contributed by atoms with Crippen LogP contribution in [0.1, 0.15) is 34.2 Å². The van der Waals surface area contributed by atoms with Crippen LogP contribution in [0.5, 0.6) is 0 Å². The molecule has 3 aromatic heterocycles. The molecule has 0 radical (unpaired) electrons. The summed E-state index contributed by atoms with van der Waals surface area (Å²) in [5.74, 6) is 5.88. The van der Waals surface area contributed by atoms with Crippen molar-refractivity contribution in [3.05, 3.63) is 82.9 Å². The van der Waals surface area contributed by atoms with E-state index in [1.807, 2.05) is 18.0 Å². The largest absolute Gasteiger partial charge is 0.416 e. The molecule has 0 bridgehead atoms. The Morgan fingerprint density at radius 1 is 1.11 bits per heavy atom. The van der Waals surface area contributed by atoms with Gasteiger partial charge in [0.15, 0.2) is 11.9 Å². The summed E-state index contributed by atoms with van der Waals surface area (Å²) < 4.78 is 41.7. The second kappa shape index (κ2) is 10.8. The van der Waals surface area contributed by atoms with Crippen molar-refractivity contribution in [1.29, 1.82) is 0 Å². The molecule has 1 saturated heterocycles. The number of H-pyrrole nitrogens is 1. The van der Waals surface area contributed by atoms with E-state index < -0.39 is 18.0 Å². The molecule has 8 nitrogen and oxygen atoms in total. The van der Waals surface area contributed by atoms with E-state index in [1.165, 1.54) is 18.5 Å². The van der Waals surface area contributed by atoms with Crippen molar-refractivity contribution < 1.29 is 18.3 Å². The van der Waals surface area contributed by atoms with Crippen molar-refractivity contribution in [2.24, 2.45) is 0 Å². The monoisotopic (exact) mass is 521 g/mol. The van der Waals surface area contributed by atoms with Crippen molar-refractivity contribution in [3.8, 4) is 11.8 Å². The van der Waals surface area contributed by atoms with Crippen LogP contribution in [0, 0.1) is 11.8 Å². The normalized spacial score (nSPS) is 15.7. The van der Waals surface area contributed by atoms with Gasteiger partial charge in [0.2, 0.25) is 0 Å². The molecule has 1 atom stereocenters. The minimum absolute atomic E-state index is 0.150. The molecule has 0 aliphatic carbocycles. The minimum Gasteiger partial charge on any atom is -0.369 e. The fourth-order valence-electron chi connectivity index (χ4n) is 4.30. The fraction of sp³-hybridized carbons (Fsp3) is 0.296. The Bertz CT molecular complexity index is 1480. The van der Waals surface area contributed by atoms with Gasteiger partial charge in [-0.25, -0.2) is 0 Å². The second-order valence-electron chi connectivity index (χ2n) is 9.22. The maximum atomic E-state index is 13.9. The van der Waals surface area contributed by atoms with Gasteiger partial charge in [-0.15, -0.1) is 0 Å². The number of hydrogen-bond donors (Lipinski definition) is 3. The third kappa shape index (κ3) is 5.94. The van der Waals surface area contributed by atoms with Gasteiger partial charge in [-0.05, 0) is 48.9 Å². The number of benzene rings is 1. The standard InChI is InChI=1S/C27H26F3N7O/c1-36-9-11-37(12-10-36)17-19-5-6-21(14-22(19)27(28,29)30)33-26(38)20-13-18(15-31-16-20)4-7-24-25-23(34-35-24)3-2-8-32-25/h2-3,5-6,8,13-16,26,33,38H,9-12,17H2,1H3,(H,34,35). The van der Waals surface area contributed by atoms with Gasteiger partial charge in [0.1, 0.15) is 5.52 Å². The minimum atomic E-state index is -4.52. The lowest BCUT2D eigenvalue weighted by Crippen LogP contribution is -2.44. The summed E-state index contributed by atoms with van der Waals surface area (Å²) in [6, 6.07) is 9.31. The van der Waals surface area contributed by atoms with Gasteiger partial charge in [-0.2, -0.15) is 18.3 Å². The maximum Gasteiger partial charge on any atom is 0.416 e. The molecule has 1 aliphatic heterocycles. The maximum absolute atomic E-state index is 13.9. The number of piperazine rings is 1. The molecule has 1 aromatic carbocycles. The van der Waals surface area contributed by atoms with Gasteiger partial charge < -0.3 is 15.3 Å². The number of aromatic amines is 1. The highest BCUT2D eigenvalue weighted by atomic mass is 19.4. The Balaban J connectivity index is 1.32. The van der Waals surface area contributed by atoms with Crippen molar-refractivity contribution in [2.45, 2.75) is 18.9 Å². The second-order valence-corrected chi connectivity index (χ2v) is 9.22. The molecule has 0 amide bonds. The number of aromatic nitrogens is 4. The van der Waals surface area contributed by atoms with Crippen LogP contribution >= 0.6 is 0 Å². The number of aliphatic hydroxyl groups is 1. The molecule has 1 fully saturated rings. The van der Waals surface area contributed by atoms with Crippen LogP contribution in [-0.2, 0) is 12.7 Å². The Morgan fingerprint density at radius 2 is 1.92 bits per heavy atom. The van der Waals surface area contributed by atoms with E-state index in [9.17, 15) is 18.3 Å². The summed E-state index contributed by atoms with van der Waals surface area (Å²) in [6.45, 7) is 3.29. The van der Waals surface area contributed by atoms with E-state index in [1.54, 1.807) is 24.4 Å². The van der Waals surface area contributed by atoms with E-state index in [2.05, 4.69) is 42.2 Å². The van der Waals surface area contributed by atoms with E-state index in [4.69, 9.17) is 0 Å². The average Bonchev–Trinajstić information content (AvgIpc) is 3.32. The number of nitrogens with one attached hydrogen (secondary N) is 2. The predicted molar refractivity (Wildman–Crippen MR) is 137 cm³/mol. The van der Waals surface area contributed by atoms with Crippen LogP contribution in [0.4, 0.5) is 18.9 Å². The van der Waals surface area contributed by atoms with Crippen molar-refractivity contribution in [3.63, 3.8) is 0 Å². The molecule has 38 heavy (non-hydrogen) atoms. The van der Waals surface area contributed by atoms with Gasteiger partial charge in [0, 0.05) is 68.1 Å². The van der Waals surface area contributed by atoms with Crippen LogP contribution in [0.2, 0.25) is 0 Å². The molecule has 5 rings (SSSR count). The lowest BCUT2D eigenvalue weighted by Gasteiger charge is -2.33. The van der Waals surface area contributed by atoms with Gasteiger partial charge >= 0.3 is 6.18 Å². The zero-order valence-electron chi connectivity index (χ0n) is 20.6. The Morgan fingerprint density at radius 3 is 2.71 bits per heavy atom. The number of halogens is 3. The summed E-state index contributed by atoms with van der Waals surface area (Å²) in [5, 5.41) is 20.5.